The van der Waals surface area contributed by atoms with Crippen molar-refractivity contribution in [3.05, 3.63) is 41.5 Å². The lowest BCUT2D eigenvalue weighted by Crippen LogP contribution is -2.38. The van der Waals surface area contributed by atoms with Crippen molar-refractivity contribution >= 4 is 5.91 Å². The fourth-order valence-electron chi connectivity index (χ4n) is 3.86. The first kappa shape index (κ1) is 15.8. The molecule has 3 heterocycles. The van der Waals surface area contributed by atoms with Gasteiger partial charge in [0, 0.05) is 36.4 Å². The molecule has 0 bridgehead atoms. The predicted octanol–water partition coefficient (Wildman–Crippen LogP) is 3.19. The second-order valence-corrected chi connectivity index (χ2v) is 6.77. The van der Waals surface area contributed by atoms with E-state index in [1.807, 2.05) is 27.9 Å². The first-order chi connectivity index (χ1) is 11.0. The van der Waals surface area contributed by atoms with Gasteiger partial charge in [-0.3, -0.25) is 9.48 Å². The lowest BCUT2D eigenvalue weighted by molar-refractivity contribution is 0.0720. The van der Waals surface area contributed by atoms with E-state index >= 15 is 0 Å². The molecule has 1 amide bonds. The van der Waals surface area contributed by atoms with E-state index in [1.54, 1.807) is 6.20 Å². The van der Waals surface area contributed by atoms with Crippen molar-refractivity contribution in [3.8, 4) is 0 Å². The van der Waals surface area contributed by atoms with Crippen molar-refractivity contribution in [1.82, 2.24) is 19.2 Å². The molecule has 0 saturated carbocycles. The van der Waals surface area contributed by atoms with E-state index in [4.69, 9.17) is 0 Å². The summed E-state index contributed by atoms with van der Waals surface area (Å²) in [6.07, 6.45) is 5.87. The number of hydrogen-bond donors (Lipinski definition) is 0. The number of amides is 1. The third-order valence-electron chi connectivity index (χ3n) is 4.83. The first-order valence-corrected chi connectivity index (χ1v) is 8.46. The van der Waals surface area contributed by atoms with Gasteiger partial charge in [-0.25, -0.2) is 0 Å². The Morgan fingerprint density at radius 2 is 2.17 bits per heavy atom. The second kappa shape index (κ2) is 6.22. The molecule has 0 unspecified atom stereocenters. The quantitative estimate of drug-likeness (QED) is 0.870. The van der Waals surface area contributed by atoms with E-state index in [0.29, 0.717) is 6.04 Å². The Labute approximate surface area is 137 Å². The van der Waals surface area contributed by atoms with Gasteiger partial charge in [0.2, 0.25) is 0 Å². The van der Waals surface area contributed by atoms with Crippen LogP contribution in [0.25, 0.3) is 0 Å². The van der Waals surface area contributed by atoms with E-state index in [9.17, 15) is 4.79 Å². The molecule has 0 spiro atoms. The zero-order valence-electron chi connectivity index (χ0n) is 14.5. The molecule has 1 fully saturated rings. The summed E-state index contributed by atoms with van der Waals surface area (Å²) >= 11 is 0. The summed E-state index contributed by atoms with van der Waals surface area (Å²) in [6.45, 7) is 10.1. The molecule has 1 saturated heterocycles. The van der Waals surface area contributed by atoms with Gasteiger partial charge >= 0.3 is 0 Å². The van der Waals surface area contributed by atoms with Crippen LogP contribution in [0.4, 0.5) is 0 Å². The SMILES string of the molecule is Cc1cc(C(=O)N2CCC[C@@H]2Cn2cccn2)c(C)n1C(C)C. The Balaban J connectivity index is 1.83. The molecule has 124 valence electrons. The number of rotatable bonds is 4. The Hall–Kier alpha value is -2.04. The number of aromatic nitrogens is 3. The molecule has 5 nitrogen and oxygen atoms in total. The van der Waals surface area contributed by atoms with E-state index in [-0.39, 0.29) is 11.9 Å². The zero-order valence-corrected chi connectivity index (χ0v) is 14.5. The highest BCUT2D eigenvalue weighted by atomic mass is 16.2. The summed E-state index contributed by atoms with van der Waals surface area (Å²) in [7, 11) is 0. The first-order valence-electron chi connectivity index (χ1n) is 8.46. The smallest absolute Gasteiger partial charge is 0.255 e. The van der Waals surface area contributed by atoms with Crippen LogP contribution in [0.5, 0.6) is 0 Å². The van der Waals surface area contributed by atoms with Crippen LogP contribution in [-0.2, 0) is 6.54 Å². The highest BCUT2D eigenvalue weighted by Gasteiger charge is 2.31. The maximum absolute atomic E-state index is 13.1. The molecule has 1 aliphatic heterocycles. The fraction of sp³-hybridized carbons (Fsp3) is 0.556. The average molecular weight is 314 g/mol. The number of carbonyl (C=O) groups excluding carboxylic acids is 1. The Morgan fingerprint density at radius 1 is 1.39 bits per heavy atom. The van der Waals surface area contributed by atoms with Gasteiger partial charge in [0.15, 0.2) is 0 Å². The number of hydrogen-bond acceptors (Lipinski definition) is 2. The molecule has 5 heteroatoms. The Bertz CT molecular complexity index is 684. The number of likely N-dealkylation sites (tertiary alicyclic amines) is 1. The van der Waals surface area contributed by atoms with Gasteiger partial charge < -0.3 is 9.47 Å². The highest BCUT2D eigenvalue weighted by molar-refractivity contribution is 5.96. The second-order valence-electron chi connectivity index (χ2n) is 6.77. The van der Waals surface area contributed by atoms with Crippen molar-refractivity contribution in [1.29, 1.82) is 0 Å². The fourth-order valence-corrected chi connectivity index (χ4v) is 3.86. The summed E-state index contributed by atoms with van der Waals surface area (Å²) in [6, 6.07) is 4.58. The summed E-state index contributed by atoms with van der Waals surface area (Å²) in [5, 5.41) is 4.28. The topological polar surface area (TPSA) is 43.1 Å². The average Bonchev–Trinajstić information content (AvgIpc) is 3.20. The van der Waals surface area contributed by atoms with Crippen LogP contribution in [0.3, 0.4) is 0 Å². The molecule has 0 radical (unpaired) electrons. The van der Waals surface area contributed by atoms with Crippen LogP contribution >= 0.6 is 0 Å². The number of nitrogens with zero attached hydrogens (tertiary/aromatic N) is 4. The lowest BCUT2D eigenvalue weighted by Gasteiger charge is -2.25. The van der Waals surface area contributed by atoms with E-state index in [1.165, 1.54) is 0 Å². The largest absolute Gasteiger partial charge is 0.346 e. The molecular weight excluding hydrogens is 288 g/mol. The van der Waals surface area contributed by atoms with Crippen molar-refractivity contribution in [2.45, 2.75) is 59.2 Å². The lowest BCUT2D eigenvalue weighted by atomic mass is 10.1. The molecule has 1 aliphatic rings. The van der Waals surface area contributed by atoms with Gasteiger partial charge in [-0.1, -0.05) is 0 Å². The molecule has 23 heavy (non-hydrogen) atoms. The molecule has 3 rings (SSSR count). The number of aryl methyl sites for hydroxylation is 1. The Morgan fingerprint density at radius 3 is 2.78 bits per heavy atom. The minimum atomic E-state index is 0.166. The van der Waals surface area contributed by atoms with Gasteiger partial charge in [-0.05, 0) is 52.7 Å². The van der Waals surface area contributed by atoms with Crippen LogP contribution in [-0.4, -0.2) is 37.7 Å². The third-order valence-corrected chi connectivity index (χ3v) is 4.83. The molecule has 1 atom stereocenters. The van der Waals surface area contributed by atoms with Crippen LogP contribution in [0.1, 0.15) is 54.5 Å². The molecule has 2 aromatic rings. The van der Waals surface area contributed by atoms with Crippen molar-refractivity contribution in [2.75, 3.05) is 6.54 Å². The Kier molecular flexibility index (Phi) is 4.28. The van der Waals surface area contributed by atoms with Crippen molar-refractivity contribution < 1.29 is 4.79 Å². The van der Waals surface area contributed by atoms with Crippen LogP contribution in [0.2, 0.25) is 0 Å². The zero-order chi connectivity index (χ0) is 16.6. The minimum Gasteiger partial charge on any atom is -0.346 e. The van der Waals surface area contributed by atoms with Gasteiger partial charge in [-0.15, -0.1) is 0 Å². The molecular formula is C18H26N4O. The van der Waals surface area contributed by atoms with Crippen LogP contribution < -0.4 is 0 Å². The van der Waals surface area contributed by atoms with Crippen molar-refractivity contribution in [3.63, 3.8) is 0 Å². The third kappa shape index (κ3) is 2.92. The van der Waals surface area contributed by atoms with Gasteiger partial charge in [0.1, 0.15) is 0 Å². The van der Waals surface area contributed by atoms with Crippen LogP contribution in [0.15, 0.2) is 24.5 Å². The predicted molar refractivity (Wildman–Crippen MR) is 90.6 cm³/mol. The van der Waals surface area contributed by atoms with E-state index in [0.717, 1.165) is 42.9 Å². The van der Waals surface area contributed by atoms with Crippen LogP contribution in [0, 0.1) is 13.8 Å². The van der Waals surface area contributed by atoms with Gasteiger partial charge in [0.25, 0.3) is 5.91 Å². The standard InChI is InChI=1S/C18H26N4O/c1-13(2)22-14(3)11-17(15(22)4)18(23)21-10-5-7-16(21)12-20-9-6-8-19-20/h6,8-9,11,13,16H,5,7,10,12H2,1-4H3/t16-/m1/s1. The van der Waals surface area contributed by atoms with Gasteiger partial charge in [0.05, 0.1) is 18.2 Å². The molecule has 2 aromatic heterocycles. The maximum Gasteiger partial charge on any atom is 0.255 e. The normalized spacial score (nSPS) is 18.1. The monoisotopic (exact) mass is 314 g/mol. The summed E-state index contributed by atoms with van der Waals surface area (Å²) in [5.41, 5.74) is 3.08. The summed E-state index contributed by atoms with van der Waals surface area (Å²) in [4.78, 5) is 15.1. The maximum atomic E-state index is 13.1. The molecule has 0 aliphatic carbocycles. The summed E-state index contributed by atoms with van der Waals surface area (Å²) < 4.78 is 4.17. The van der Waals surface area contributed by atoms with Gasteiger partial charge in [-0.2, -0.15) is 5.10 Å². The van der Waals surface area contributed by atoms with E-state index < -0.39 is 0 Å². The molecule has 0 aromatic carbocycles. The molecule has 0 N–H and O–H groups in total. The highest BCUT2D eigenvalue weighted by Crippen LogP contribution is 2.26. The number of carbonyl (C=O) groups is 1. The summed E-state index contributed by atoms with van der Waals surface area (Å²) in [5.74, 6) is 0.166. The van der Waals surface area contributed by atoms with Crippen molar-refractivity contribution in [2.24, 2.45) is 0 Å². The minimum absolute atomic E-state index is 0.166. The van der Waals surface area contributed by atoms with E-state index in [2.05, 4.69) is 37.4 Å².